The Balaban J connectivity index is 1.29. The van der Waals surface area contributed by atoms with Gasteiger partial charge in [0.25, 0.3) is 0 Å². The summed E-state index contributed by atoms with van der Waals surface area (Å²) in [5.74, 6) is 11.0. The van der Waals surface area contributed by atoms with E-state index in [0.717, 1.165) is 24.2 Å². The van der Waals surface area contributed by atoms with Crippen molar-refractivity contribution < 1.29 is 4.74 Å². The summed E-state index contributed by atoms with van der Waals surface area (Å²) in [6.45, 7) is 5.41. The van der Waals surface area contributed by atoms with Crippen LogP contribution >= 0.6 is 0 Å². The third-order valence-corrected chi connectivity index (χ3v) is 7.67. The maximum absolute atomic E-state index is 6.09. The smallest absolute Gasteiger partial charge is 0.119 e. The number of unbranched alkanes of at least 4 members (excludes halogenated alkanes) is 2. The molecule has 0 atom stereocenters. The largest absolute Gasteiger partial charge is 0.493 e. The molecule has 1 heteroatoms. The molecule has 0 heterocycles. The molecular weight excluding hydrogens is 388 g/mol. The minimum Gasteiger partial charge on any atom is -0.493 e. The molecule has 0 N–H and O–H groups in total. The Morgan fingerprint density at radius 1 is 0.844 bits per heavy atom. The molecule has 32 heavy (non-hydrogen) atoms. The van der Waals surface area contributed by atoms with Gasteiger partial charge in [-0.2, -0.15) is 0 Å². The third-order valence-electron chi connectivity index (χ3n) is 7.67. The molecule has 1 aromatic carbocycles. The van der Waals surface area contributed by atoms with Gasteiger partial charge >= 0.3 is 0 Å². The first-order valence-corrected chi connectivity index (χ1v) is 13.7. The maximum atomic E-state index is 6.09. The summed E-state index contributed by atoms with van der Waals surface area (Å²) in [7, 11) is 0. The van der Waals surface area contributed by atoms with Crippen molar-refractivity contribution in [1.82, 2.24) is 0 Å². The molecule has 0 saturated heterocycles. The van der Waals surface area contributed by atoms with Gasteiger partial charge in [0.05, 0.1) is 6.61 Å². The van der Waals surface area contributed by atoms with Crippen LogP contribution < -0.4 is 4.74 Å². The van der Waals surface area contributed by atoms with Crippen LogP contribution in [0.5, 0.6) is 5.75 Å². The van der Waals surface area contributed by atoms with E-state index in [1.807, 2.05) is 0 Å². The monoisotopic (exact) mass is 434 g/mol. The number of aryl methyl sites for hydroxylation is 1. The fraction of sp³-hybridized carbons (Fsp3) is 0.677. The second kappa shape index (κ2) is 14.5. The standard InChI is InChI=1S/C31H46O/c1-3-5-9-26-13-15-28(16-14-26)11-7-8-12-29-17-19-30(20-18-29)25-32-31-23-21-27(22-24-31)10-6-4-2/h7,11,21-24,26,28-30H,3-6,9-10,13-20,25H2,1-2H3/b11-7+/t26-,28-,29-,30-. The number of rotatable bonds is 10. The van der Waals surface area contributed by atoms with Crippen molar-refractivity contribution in [1.29, 1.82) is 0 Å². The molecule has 0 radical (unpaired) electrons. The predicted molar refractivity (Wildman–Crippen MR) is 138 cm³/mol. The molecule has 0 bridgehead atoms. The molecule has 2 saturated carbocycles. The molecule has 0 amide bonds. The summed E-state index contributed by atoms with van der Waals surface area (Å²) >= 11 is 0. The second-order valence-corrected chi connectivity index (χ2v) is 10.3. The molecule has 2 aliphatic rings. The van der Waals surface area contributed by atoms with E-state index in [9.17, 15) is 0 Å². The lowest BCUT2D eigenvalue weighted by Gasteiger charge is -2.26. The lowest BCUT2D eigenvalue weighted by atomic mass is 9.80. The highest BCUT2D eigenvalue weighted by Gasteiger charge is 2.21. The zero-order chi connectivity index (χ0) is 22.4. The third kappa shape index (κ3) is 9.05. The van der Waals surface area contributed by atoms with Crippen LogP contribution in [0.1, 0.15) is 103 Å². The average molecular weight is 435 g/mol. The van der Waals surface area contributed by atoms with Crippen LogP contribution in [0.25, 0.3) is 0 Å². The molecular formula is C31H46O. The summed E-state index contributed by atoms with van der Waals surface area (Å²) in [5, 5.41) is 0. The van der Waals surface area contributed by atoms with Crippen molar-refractivity contribution in [2.75, 3.05) is 6.61 Å². The van der Waals surface area contributed by atoms with E-state index in [1.54, 1.807) is 0 Å². The second-order valence-electron chi connectivity index (χ2n) is 10.3. The van der Waals surface area contributed by atoms with E-state index >= 15 is 0 Å². The Morgan fingerprint density at radius 3 is 2.22 bits per heavy atom. The van der Waals surface area contributed by atoms with Gasteiger partial charge in [-0.25, -0.2) is 0 Å². The van der Waals surface area contributed by atoms with E-state index in [4.69, 9.17) is 4.74 Å². The number of benzene rings is 1. The number of allylic oxidation sites excluding steroid dienone is 2. The highest BCUT2D eigenvalue weighted by Crippen LogP contribution is 2.32. The van der Waals surface area contributed by atoms with Crippen molar-refractivity contribution in [3.63, 3.8) is 0 Å². The van der Waals surface area contributed by atoms with Gasteiger partial charge in [-0.1, -0.05) is 69.6 Å². The molecule has 1 nitrogen and oxygen atoms in total. The Bertz CT molecular complexity index is 703. The summed E-state index contributed by atoms with van der Waals surface area (Å²) in [6, 6.07) is 8.74. The lowest BCUT2D eigenvalue weighted by molar-refractivity contribution is 0.196. The number of hydrogen-bond donors (Lipinski definition) is 0. The molecule has 0 unspecified atom stereocenters. The zero-order valence-corrected chi connectivity index (χ0v) is 20.8. The summed E-state index contributed by atoms with van der Waals surface area (Å²) in [6.07, 6.45) is 23.0. The zero-order valence-electron chi connectivity index (χ0n) is 20.8. The first kappa shape index (κ1) is 25.0. The quantitative estimate of drug-likeness (QED) is 0.334. The highest BCUT2D eigenvalue weighted by atomic mass is 16.5. The van der Waals surface area contributed by atoms with Crippen LogP contribution in [0.2, 0.25) is 0 Å². The van der Waals surface area contributed by atoms with Gasteiger partial charge < -0.3 is 4.74 Å². The average Bonchev–Trinajstić information content (AvgIpc) is 2.85. The molecule has 1 aromatic rings. The maximum Gasteiger partial charge on any atom is 0.119 e. The summed E-state index contributed by atoms with van der Waals surface area (Å²) < 4.78 is 6.09. The number of ether oxygens (including phenoxy) is 1. The van der Waals surface area contributed by atoms with Gasteiger partial charge in [-0.15, -0.1) is 0 Å². The number of hydrogen-bond acceptors (Lipinski definition) is 1. The highest BCUT2D eigenvalue weighted by molar-refractivity contribution is 5.27. The molecule has 0 aliphatic heterocycles. The fourth-order valence-corrected chi connectivity index (χ4v) is 5.33. The van der Waals surface area contributed by atoms with Gasteiger partial charge in [-0.05, 0) is 106 Å². The topological polar surface area (TPSA) is 9.23 Å². The van der Waals surface area contributed by atoms with Crippen molar-refractivity contribution in [2.24, 2.45) is 23.7 Å². The van der Waals surface area contributed by atoms with Crippen molar-refractivity contribution in [2.45, 2.75) is 104 Å². The Morgan fingerprint density at radius 2 is 1.53 bits per heavy atom. The van der Waals surface area contributed by atoms with Crippen LogP contribution in [0, 0.1) is 35.5 Å². The van der Waals surface area contributed by atoms with Gasteiger partial charge in [0, 0.05) is 5.92 Å². The Labute approximate surface area is 198 Å². The SMILES string of the molecule is CCCCc1ccc(OC[C@H]2CC[C@H](C#C/C=C/[C@H]3CC[C@H](CCCC)CC3)CC2)cc1. The van der Waals surface area contributed by atoms with Crippen molar-refractivity contribution in [3.05, 3.63) is 42.0 Å². The first-order valence-electron chi connectivity index (χ1n) is 13.7. The lowest BCUT2D eigenvalue weighted by Crippen LogP contribution is -2.19. The summed E-state index contributed by atoms with van der Waals surface area (Å²) in [5.41, 5.74) is 1.42. The summed E-state index contributed by atoms with van der Waals surface area (Å²) in [4.78, 5) is 0. The Hall–Kier alpha value is -1.68. The molecule has 2 fully saturated rings. The fourth-order valence-electron chi connectivity index (χ4n) is 5.33. The van der Waals surface area contributed by atoms with Gasteiger partial charge in [0.2, 0.25) is 0 Å². The molecule has 2 aliphatic carbocycles. The van der Waals surface area contributed by atoms with E-state index in [-0.39, 0.29) is 0 Å². The van der Waals surface area contributed by atoms with Gasteiger partial charge in [0.1, 0.15) is 5.75 Å². The molecule has 176 valence electrons. The van der Waals surface area contributed by atoms with E-state index in [2.05, 4.69) is 62.1 Å². The predicted octanol–water partition coefficient (Wildman–Crippen LogP) is 8.77. The van der Waals surface area contributed by atoms with Crippen molar-refractivity contribution in [3.8, 4) is 17.6 Å². The normalized spacial score (nSPS) is 25.9. The van der Waals surface area contributed by atoms with Crippen LogP contribution in [0.15, 0.2) is 36.4 Å². The minimum absolute atomic E-state index is 0.582. The van der Waals surface area contributed by atoms with E-state index in [1.165, 1.54) is 95.5 Å². The molecule has 3 rings (SSSR count). The van der Waals surface area contributed by atoms with Gasteiger partial charge in [-0.3, -0.25) is 0 Å². The first-order chi connectivity index (χ1) is 15.8. The van der Waals surface area contributed by atoms with E-state index in [0.29, 0.717) is 11.8 Å². The van der Waals surface area contributed by atoms with Crippen LogP contribution in [-0.2, 0) is 6.42 Å². The van der Waals surface area contributed by atoms with Crippen molar-refractivity contribution >= 4 is 0 Å². The molecule has 0 aromatic heterocycles. The van der Waals surface area contributed by atoms with Crippen LogP contribution in [-0.4, -0.2) is 6.61 Å². The van der Waals surface area contributed by atoms with Gasteiger partial charge in [0.15, 0.2) is 0 Å². The minimum atomic E-state index is 0.582. The van der Waals surface area contributed by atoms with Crippen LogP contribution in [0.4, 0.5) is 0 Å². The van der Waals surface area contributed by atoms with E-state index < -0.39 is 0 Å². The molecule has 0 spiro atoms. The van der Waals surface area contributed by atoms with Crippen LogP contribution in [0.3, 0.4) is 0 Å². The Kier molecular flexibility index (Phi) is 11.3.